The van der Waals surface area contributed by atoms with Crippen LogP contribution in [-0.2, 0) is 9.53 Å². The Labute approximate surface area is 133 Å². The second kappa shape index (κ2) is 7.53. The quantitative estimate of drug-likeness (QED) is 0.265. The summed E-state index contributed by atoms with van der Waals surface area (Å²) < 4.78 is 49.4. The molecule has 0 aliphatic carbocycles. The van der Waals surface area contributed by atoms with E-state index in [9.17, 15) is 22.8 Å². The van der Waals surface area contributed by atoms with Crippen LogP contribution in [0.15, 0.2) is 33.9 Å². The van der Waals surface area contributed by atoms with Gasteiger partial charge in [0.2, 0.25) is 5.88 Å². The van der Waals surface area contributed by atoms with Crippen LogP contribution in [-0.4, -0.2) is 29.7 Å². The van der Waals surface area contributed by atoms with Crippen LogP contribution in [0, 0.1) is 23.4 Å². The first-order valence-corrected chi connectivity index (χ1v) is 6.74. The highest BCUT2D eigenvalue weighted by Gasteiger charge is 2.30. The first-order chi connectivity index (χ1) is 11.4. The monoisotopic (exact) mass is 340 g/mol. The summed E-state index contributed by atoms with van der Waals surface area (Å²) in [5, 5.41) is 3.38. The van der Waals surface area contributed by atoms with Gasteiger partial charge in [0.1, 0.15) is 5.82 Å². The first-order valence-electron chi connectivity index (χ1n) is 6.74. The van der Waals surface area contributed by atoms with Crippen LogP contribution in [0.25, 0.3) is 0 Å². The van der Waals surface area contributed by atoms with Gasteiger partial charge in [0.15, 0.2) is 23.3 Å². The first kappa shape index (κ1) is 17.4. The number of hydrogen-bond donors (Lipinski definition) is 0. The standard InChI is InChI=1S/C15H11F3N2O4/c1-2-23-15(22)9(7-19-13-3-4-20-24-13)14(21)8-5-11(17)12(18)6-10(8)16/h3-7,9H,2H2,1H3. The van der Waals surface area contributed by atoms with Crippen molar-refractivity contribution in [2.45, 2.75) is 6.92 Å². The predicted octanol–water partition coefficient (Wildman–Crippen LogP) is 2.86. The molecule has 2 aromatic rings. The minimum atomic E-state index is -1.66. The van der Waals surface area contributed by atoms with Crippen LogP contribution in [0.1, 0.15) is 17.3 Å². The predicted molar refractivity (Wildman–Crippen MR) is 75.4 cm³/mol. The van der Waals surface area contributed by atoms with E-state index in [1.54, 1.807) is 0 Å². The van der Waals surface area contributed by atoms with E-state index in [4.69, 9.17) is 4.74 Å². The van der Waals surface area contributed by atoms with E-state index in [2.05, 4.69) is 14.7 Å². The van der Waals surface area contributed by atoms with Crippen molar-refractivity contribution in [3.63, 3.8) is 0 Å². The highest BCUT2D eigenvalue weighted by molar-refractivity contribution is 6.18. The number of benzene rings is 1. The molecule has 1 atom stereocenters. The molecule has 0 radical (unpaired) electrons. The maximum atomic E-state index is 13.8. The summed E-state index contributed by atoms with van der Waals surface area (Å²) in [6.45, 7) is 1.46. The Balaban J connectivity index is 2.37. The van der Waals surface area contributed by atoms with Gasteiger partial charge in [0.05, 0.1) is 18.4 Å². The molecule has 6 nitrogen and oxygen atoms in total. The number of ether oxygens (including phenoxy) is 1. The van der Waals surface area contributed by atoms with Crippen molar-refractivity contribution in [2.75, 3.05) is 6.61 Å². The van der Waals surface area contributed by atoms with Gasteiger partial charge >= 0.3 is 5.97 Å². The second-order valence-corrected chi connectivity index (χ2v) is 4.47. The van der Waals surface area contributed by atoms with E-state index in [1.165, 1.54) is 19.2 Å². The summed E-state index contributed by atoms with van der Waals surface area (Å²) in [4.78, 5) is 28.0. The molecule has 0 bridgehead atoms. The molecular formula is C15H11F3N2O4. The number of rotatable bonds is 6. The van der Waals surface area contributed by atoms with Gasteiger partial charge in [-0.25, -0.2) is 18.2 Å². The van der Waals surface area contributed by atoms with Crippen molar-refractivity contribution < 1.29 is 32.0 Å². The minimum Gasteiger partial charge on any atom is -0.465 e. The molecule has 1 aromatic heterocycles. The summed E-state index contributed by atoms with van der Waals surface area (Å²) in [6, 6.07) is 1.95. The fraction of sp³-hybridized carbons (Fsp3) is 0.200. The lowest BCUT2D eigenvalue weighted by Gasteiger charge is -2.11. The van der Waals surface area contributed by atoms with Crippen molar-refractivity contribution in [2.24, 2.45) is 10.9 Å². The molecule has 0 saturated carbocycles. The molecule has 24 heavy (non-hydrogen) atoms. The fourth-order valence-electron chi connectivity index (χ4n) is 1.77. The zero-order valence-electron chi connectivity index (χ0n) is 12.3. The van der Waals surface area contributed by atoms with Gasteiger partial charge < -0.3 is 9.26 Å². The summed E-state index contributed by atoms with van der Waals surface area (Å²) >= 11 is 0. The highest BCUT2D eigenvalue weighted by atomic mass is 19.2. The van der Waals surface area contributed by atoms with Gasteiger partial charge in [-0.1, -0.05) is 5.16 Å². The lowest BCUT2D eigenvalue weighted by Crippen LogP contribution is -2.28. The molecule has 1 aromatic carbocycles. The lowest BCUT2D eigenvalue weighted by molar-refractivity contribution is -0.143. The van der Waals surface area contributed by atoms with E-state index in [0.29, 0.717) is 6.07 Å². The summed E-state index contributed by atoms with van der Waals surface area (Å²) in [5.74, 6) is -8.00. The Hall–Kier alpha value is -2.97. The van der Waals surface area contributed by atoms with E-state index in [0.717, 1.165) is 6.21 Å². The average molecular weight is 340 g/mol. The third-order valence-corrected chi connectivity index (χ3v) is 2.87. The smallest absolute Gasteiger partial charge is 0.322 e. The minimum absolute atomic E-state index is 0.0112. The fourth-order valence-corrected chi connectivity index (χ4v) is 1.77. The van der Waals surface area contributed by atoms with Gasteiger partial charge in [-0.2, -0.15) is 0 Å². The Morgan fingerprint density at radius 1 is 1.29 bits per heavy atom. The van der Waals surface area contributed by atoms with E-state index < -0.39 is 40.7 Å². The van der Waals surface area contributed by atoms with Gasteiger partial charge in [-0.15, -0.1) is 0 Å². The van der Waals surface area contributed by atoms with Crippen molar-refractivity contribution in [1.29, 1.82) is 0 Å². The van der Waals surface area contributed by atoms with Gasteiger partial charge in [-0.05, 0) is 13.0 Å². The molecular weight excluding hydrogens is 329 g/mol. The molecule has 0 N–H and O–H groups in total. The maximum Gasteiger partial charge on any atom is 0.322 e. The molecule has 1 unspecified atom stereocenters. The van der Waals surface area contributed by atoms with E-state index in [-0.39, 0.29) is 18.6 Å². The second-order valence-electron chi connectivity index (χ2n) is 4.47. The van der Waals surface area contributed by atoms with Crippen LogP contribution in [0.3, 0.4) is 0 Å². The van der Waals surface area contributed by atoms with Crippen LogP contribution in [0.5, 0.6) is 0 Å². The number of ketones is 1. The Bertz CT molecular complexity index is 775. The third-order valence-electron chi connectivity index (χ3n) is 2.87. The number of carbonyl (C=O) groups is 2. The number of aliphatic imine (C=N–C) groups is 1. The molecule has 0 spiro atoms. The largest absolute Gasteiger partial charge is 0.465 e. The number of carbonyl (C=O) groups excluding carboxylic acids is 2. The van der Waals surface area contributed by atoms with Crippen molar-refractivity contribution in [3.05, 3.63) is 47.4 Å². The highest BCUT2D eigenvalue weighted by Crippen LogP contribution is 2.19. The number of halogens is 3. The lowest BCUT2D eigenvalue weighted by atomic mass is 9.98. The number of aromatic nitrogens is 1. The van der Waals surface area contributed by atoms with Gasteiger partial charge in [0.25, 0.3) is 0 Å². The number of hydrogen-bond acceptors (Lipinski definition) is 6. The van der Waals surface area contributed by atoms with Crippen molar-refractivity contribution >= 4 is 23.9 Å². The average Bonchev–Trinajstić information content (AvgIpc) is 3.04. The van der Waals surface area contributed by atoms with Gasteiger partial charge in [0, 0.05) is 18.3 Å². The Morgan fingerprint density at radius 3 is 2.62 bits per heavy atom. The third kappa shape index (κ3) is 3.86. The molecule has 126 valence electrons. The maximum absolute atomic E-state index is 13.8. The van der Waals surface area contributed by atoms with E-state index >= 15 is 0 Å². The Kier molecular flexibility index (Phi) is 5.46. The van der Waals surface area contributed by atoms with Gasteiger partial charge in [-0.3, -0.25) is 9.59 Å². The SMILES string of the molecule is CCOC(=O)C(C=Nc1ccno1)C(=O)c1cc(F)c(F)cc1F. The molecule has 2 rings (SSSR count). The molecule has 0 aliphatic rings. The summed E-state index contributed by atoms with van der Waals surface area (Å²) in [5.41, 5.74) is -0.795. The van der Waals surface area contributed by atoms with Crippen LogP contribution in [0.4, 0.5) is 19.1 Å². The van der Waals surface area contributed by atoms with Crippen LogP contribution in [0.2, 0.25) is 0 Å². The molecule has 0 amide bonds. The zero-order valence-corrected chi connectivity index (χ0v) is 12.3. The number of esters is 1. The normalized spacial score (nSPS) is 12.3. The van der Waals surface area contributed by atoms with Crippen molar-refractivity contribution in [1.82, 2.24) is 5.16 Å². The van der Waals surface area contributed by atoms with E-state index in [1.807, 2.05) is 0 Å². The molecule has 1 heterocycles. The molecule has 9 heteroatoms. The molecule has 0 aliphatic heterocycles. The topological polar surface area (TPSA) is 81.8 Å². The molecule has 0 fully saturated rings. The van der Waals surface area contributed by atoms with Crippen LogP contribution < -0.4 is 0 Å². The molecule has 0 saturated heterocycles. The zero-order chi connectivity index (χ0) is 17.7. The number of Topliss-reactive ketones (excluding diaryl/α,β-unsaturated/α-hetero) is 1. The number of nitrogens with zero attached hydrogens (tertiary/aromatic N) is 2. The Morgan fingerprint density at radius 2 is 2.00 bits per heavy atom. The van der Waals surface area contributed by atoms with Crippen LogP contribution >= 0.6 is 0 Å². The van der Waals surface area contributed by atoms with Crippen molar-refractivity contribution in [3.8, 4) is 0 Å². The summed E-state index contributed by atoms with van der Waals surface area (Å²) in [7, 11) is 0. The summed E-state index contributed by atoms with van der Waals surface area (Å²) in [6.07, 6.45) is 2.14.